The third kappa shape index (κ3) is 3.89. The van der Waals surface area contributed by atoms with Crippen molar-refractivity contribution in [2.45, 2.75) is 32.0 Å². The number of carboxylic acid groups (broad SMARTS) is 1. The number of likely N-dealkylation sites (N-methyl/N-ethyl adjacent to an activating group) is 1. The predicted molar refractivity (Wildman–Crippen MR) is 76.3 cm³/mol. The Balaban J connectivity index is 1.94. The van der Waals surface area contributed by atoms with Crippen LogP contribution in [0.25, 0.3) is 6.08 Å². The van der Waals surface area contributed by atoms with E-state index in [-0.39, 0.29) is 6.10 Å². The van der Waals surface area contributed by atoms with Gasteiger partial charge in [0.15, 0.2) is 0 Å². The molecule has 1 aliphatic heterocycles. The Hall–Kier alpha value is -1.17. The van der Waals surface area contributed by atoms with Crippen molar-refractivity contribution < 1.29 is 14.6 Å². The third-order valence-corrected chi connectivity index (χ3v) is 4.34. The number of carboxylic acids is 1. The maximum atomic E-state index is 10.5. The molecule has 1 aromatic heterocycles. The Labute approximate surface area is 117 Å². The van der Waals surface area contributed by atoms with Crippen molar-refractivity contribution in [3.63, 3.8) is 0 Å². The molecule has 0 saturated carbocycles. The minimum absolute atomic E-state index is 0.288. The van der Waals surface area contributed by atoms with Gasteiger partial charge in [0.1, 0.15) is 0 Å². The summed E-state index contributed by atoms with van der Waals surface area (Å²) in [6.07, 6.45) is 4.16. The summed E-state index contributed by atoms with van der Waals surface area (Å²) in [5, 5.41) is 10.6. The van der Waals surface area contributed by atoms with Gasteiger partial charge in [-0.1, -0.05) is 0 Å². The summed E-state index contributed by atoms with van der Waals surface area (Å²) in [7, 11) is 2.11. The highest BCUT2D eigenvalue weighted by molar-refractivity contribution is 7.10. The molecule has 0 aromatic carbocycles. The van der Waals surface area contributed by atoms with Crippen LogP contribution < -0.4 is 0 Å². The van der Waals surface area contributed by atoms with E-state index in [1.165, 1.54) is 11.0 Å². The molecule has 104 valence electrons. The van der Waals surface area contributed by atoms with E-state index in [0.717, 1.165) is 25.1 Å². The number of hydrogen-bond acceptors (Lipinski definition) is 4. The van der Waals surface area contributed by atoms with Crippen LogP contribution in [0.5, 0.6) is 0 Å². The van der Waals surface area contributed by atoms with Crippen molar-refractivity contribution in [3.8, 4) is 0 Å². The Kier molecular flexibility index (Phi) is 4.74. The first-order valence-electron chi connectivity index (χ1n) is 6.36. The highest BCUT2D eigenvalue weighted by atomic mass is 32.1. The first-order chi connectivity index (χ1) is 9.06. The largest absolute Gasteiger partial charge is 0.478 e. The molecule has 0 spiro atoms. The quantitative estimate of drug-likeness (QED) is 0.842. The molecule has 2 heterocycles. The maximum absolute atomic E-state index is 10.5. The molecule has 1 aromatic rings. The Morgan fingerprint density at radius 2 is 2.47 bits per heavy atom. The van der Waals surface area contributed by atoms with Crippen molar-refractivity contribution >= 4 is 23.4 Å². The molecule has 1 aliphatic rings. The Morgan fingerprint density at radius 3 is 3.11 bits per heavy atom. The minimum Gasteiger partial charge on any atom is -0.478 e. The van der Waals surface area contributed by atoms with Crippen LogP contribution in [0.15, 0.2) is 17.5 Å². The van der Waals surface area contributed by atoms with Crippen LogP contribution in [0.1, 0.15) is 23.8 Å². The molecule has 4 nitrogen and oxygen atoms in total. The summed E-state index contributed by atoms with van der Waals surface area (Å²) in [6.45, 7) is 3.83. The van der Waals surface area contributed by atoms with Crippen LogP contribution in [0.4, 0.5) is 0 Å². The van der Waals surface area contributed by atoms with Gasteiger partial charge in [0.05, 0.1) is 6.10 Å². The lowest BCUT2D eigenvalue weighted by atomic mass is 10.1. The Morgan fingerprint density at radius 1 is 1.68 bits per heavy atom. The van der Waals surface area contributed by atoms with Gasteiger partial charge in [-0.3, -0.25) is 4.90 Å². The van der Waals surface area contributed by atoms with Crippen molar-refractivity contribution in [2.24, 2.45) is 0 Å². The van der Waals surface area contributed by atoms with Crippen molar-refractivity contribution in [1.29, 1.82) is 0 Å². The fraction of sp³-hybridized carbons (Fsp3) is 0.500. The van der Waals surface area contributed by atoms with E-state index in [1.807, 2.05) is 11.4 Å². The second-order valence-corrected chi connectivity index (χ2v) is 5.86. The van der Waals surface area contributed by atoms with Gasteiger partial charge < -0.3 is 9.84 Å². The summed E-state index contributed by atoms with van der Waals surface area (Å²) >= 11 is 1.66. The van der Waals surface area contributed by atoms with E-state index in [1.54, 1.807) is 17.4 Å². The van der Waals surface area contributed by atoms with Crippen LogP contribution in [0.3, 0.4) is 0 Å². The molecule has 2 rings (SSSR count). The SMILES string of the molecule is CC1OCCC1N(C)Cc1cc(/C=C/C(=O)O)cs1. The van der Waals surface area contributed by atoms with E-state index in [2.05, 4.69) is 18.9 Å². The van der Waals surface area contributed by atoms with E-state index >= 15 is 0 Å². The number of hydrogen-bond donors (Lipinski definition) is 1. The first kappa shape index (κ1) is 14.2. The number of carbonyl (C=O) groups is 1. The highest BCUT2D eigenvalue weighted by Crippen LogP contribution is 2.23. The molecule has 0 amide bonds. The molecule has 5 heteroatoms. The average molecular weight is 281 g/mol. The zero-order valence-electron chi connectivity index (χ0n) is 11.2. The van der Waals surface area contributed by atoms with E-state index in [0.29, 0.717) is 6.04 Å². The fourth-order valence-corrected chi connectivity index (χ4v) is 3.31. The molecular weight excluding hydrogens is 262 g/mol. The molecule has 0 aliphatic carbocycles. The summed E-state index contributed by atoms with van der Waals surface area (Å²) in [5.41, 5.74) is 0.950. The summed E-state index contributed by atoms with van der Waals surface area (Å²) in [6, 6.07) is 2.52. The monoisotopic (exact) mass is 281 g/mol. The van der Waals surface area contributed by atoms with Crippen LogP contribution in [-0.2, 0) is 16.1 Å². The lowest BCUT2D eigenvalue weighted by Gasteiger charge is -2.25. The molecule has 0 bridgehead atoms. The molecule has 0 radical (unpaired) electrons. The van der Waals surface area contributed by atoms with Gasteiger partial charge in [0.2, 0.25) is 0 Å². The molecule has 2 atom stereocenters. The molecule has 1 N–H and O–H groups in total. The number of rotatable bonds is 5. The van der Waals surface area contributed by atoms with Crippen molar-refractivity contribution in [1.82, 2.24) is 4.90 Å². The standard InChI is InChI=1S/C14H19NO3S/c1-10-13(5-6-18-10)15(2)8-12-7-11(9-19-12)3-4-14(16)17/h3-4,7,9-10,13H,5-6,8H2,1-2H3,(H,16,17)/b4-3+. The van der Waals surface area contributed by atoms with Gasteiger partial charge in [-0.2, -0.15) is 0 Å². The third-order valence-electron chi connectivity index (χ3n) is 3.40. The molecule has 19 heavy (non-hydrogen) atoms. The smallest absolute Gasteiger partial charge is 0.328 e. The zero-order valence-corrected chi connectivity index (χ0v) is 12.0. The van der Waals surface area contributed by atoms with Crippen molar-refractivity contribution in [2.75, 3.05) is 13.7 Å². The summed E-state index contributed by atoms with van der Waals surface area (Å²) < 4.78 is 5.58. The van der Waals surface area contributed by atoms with Crippen molar-refractivity contribution in [3.05, 3.63) is 28.0 Å². The van der Waals surface area contributed by atoms with Gasteiger partial charge in [0.25, 0.3) is 0 Å². The molecule has 1 saturated heterocycles. The van der Waals surface area contributed by atoms with Gasteiger partial charge >= 0.3 is 5.97 Å². The lowest BCUT2D eigenvalue weighted by Crippen LogP contribution is -2.35. The van der Waals surface area contributed by atoms with E-state index in [4.69, 9.17) is 9.84 Å². The second kappa shape index (κ2) is 6.32. The van der Waals surface area contributed by atoms with E-state index in [9.17, 15) is 4.79 Å². The fourth-order valence-electron chi connectivity index (χ4n) is 2.40. The number of thiophene rings is 1. The van der Waals surface area contributed by atoms with Gasteiger partial charge in [-0.15, -0.1) is 11.3 Å². The zero-order chi connectivity index (χ0) is 13.8. The van der Waals surface area contributed by atoms with E-state index < -0.39 is 5.97 Å². The number of aliphatic carboxylic acids is 1. The maximum Gasteiger partial charge on any atom is 0.328 e. The average Bonchev–Trinajstić information content (AvgIpc) is 2.95. The highest BCUT2D eigenvalue weighted by Gasteiger charge is 2.27. The summed E-state index contributed by atoms with van der Waals surface area (Å²) in [4.78, 5) is 14.0. The summed E-state index contributed by atoms with van der Waals surface area (Å²) in [5.74, 6) is -0.915. The number of ether oxygens (including phenoxy) is 1. The van der Waals surface area contributed by atoms with Gasteiger partial charge in [-0.05, 0) is 43.5 Å². The molecular formula is C14H19NO3S. The van der Waals surface area contributed by atoms with Gasteiger partial charge in [-0.25, -0.2) is 4.79 Å². The lowest BCUT2D eigenvalue weighted by molar-refractivity contribution is -0.131. The van der Waals surface area contributed by atoms with Crippen LogP contribution >= 0.6 is 11.3 Å². The topological polar surface area (TPSA) is 49.8 Å². The van der Waals surface area contributed by atoms with Gasteiger partial charge in [0, 0.05) is 30.1 Å². The van der Waals surface area contributed by atoms with Crippen LogP contribution in [0.2, 0.25) is 0 Å². The Bertz CT molecular complexity index is 469. The first-order valence-corrected chi connectivity index (χ1v) is 7.24. The van der Waals surface area contributed by atoms with Crippen LogP contribution in [-0.4, -0.2) is 41.8 Å². The minimum atomic E-state index is -0.915. The van der Waals surface area contributed by atoms with Crippen LogP contribution in [0, 0.1) is 0 Å². The molecule has 1 fully saturated rings. The number of nitrogens with zero attached hydrogens (tertiary/aromatic N) is 1. The second-order valence-electron chi connectivity index (χ2n) is 4.86. The normalized spacial score (nSPS) is 23.5. The molecule has 2 unspecified atom stereocenters. The predicted octanol–water partition coefficient (Wildman–Crippen LogP) is 2.46.